The van der Waals surface area contributed by atoms with Crippen molar-refractivity contribution in [3.05, 3.63) is 27.7 Å². The molecule has 7 nitrogen and oxygen atoms in total. The Bertz CT molecular complexity index is 593. The molecule has 2 heterocycles. The Morgan fingerprint density at radius 2 is 2.30 bits per heavy atom. The number of nitrogens with one attached hydrogen (secondary N) is 2. The molecule has 20 heavy (non-hydrogen) atoms. The van der Waals surface area contributed by atoms with Gasteiger partial charge in [0.25, 0.3) is 5.91 Å². The van der Waals surface area contributed by atoms with E-state index in [-0.39, 0.29) is 17.7 Å². The monoisotopic (exact) mass is 293 g/mol. The molecule has 2 rings (SSSR count). The number of thiophene rings is 1. The third-order valence-electron chi connectivity index (χ3n) is 2.79. The smallest absolute Gasteiger partial charge is 0.261 e. The maximum atomic E-state index is 12.2. The molecule has 1 amide bonds. The Morgan fingerprint density at radius 1 is 1.50 bits per heavy atom. The zero-order valence-electron chi connectivity index (χ0n) is 11.2. The molecule has 1 atom stereocenters. The highest BCUT2D eigenvalue weighted by Crippen LogP contribution is 2.18. The molecular weight excluding hydrogens is 278 g/mol. The molecule has 0 fully saturated rings. The molecule has 0 bridgehead atoms. The van der Waals surface area contributed by atoms with Crippen molar-refractivity contribution in [1.29, 1.82) is 0 Å². The molecule has 0 saturated heterocycles. The number of Topliss-reactive ketones (excluding diaryl/α,β-unsaturated/α-hetero) is 1. The maximum absolute atomic E-state index is 12.2. The van der Waals surface area contributed by atoms with Crippen LogP contribution in [0.5, 0.6) is 0 Å². The van der Waals surface area contributed by atoms with Gasteiger partial charge in [-0.2, -0.15) is 5.21 Å². The molecule has 0 aliphatic rings. The summed E-state index contributed by atoms with van der Waals surface area (Å²) < 4.78 is 0. The Labute approximate surface area is 119 Å². The highest BCUT2D eigenvalue weighted by atomic mass is 32.1. The minimum atomic E-state index is -0.283. The van der Waals surface area contributed by atoms with Gasteiger partial charge in [-0.25, -0.2) is 0 Å². The van der Waals surface area contributed by atoms with Crippen molar-refractivity contribution >= 4 is 23.0 Å². The number of amides is 1. The second kappa shape index (κ2) is 6.38. The van der Waals surface area contributed by atoms with Crippen LogP contribution in [0.2, 0.25) is 0 Å². The van der Waals surface area contributed by atoms with Gasteiger partial charge in [0.1, 0.15) is 0 Å². The number of carbonyl (C=O) groups is 2. The third-order valence-corrected chi connectivity index (χ3v) is 3.71. The van der Waals surface area contributed by atoms with Crippen molar-refractivity contribution in [2.75, 3.05) is 0 Å². The van der Waals surface area contributed by atoms with E-state index in [1.807, 2.05) is 6.92 Å². The molecule has 0 aliphatic carbocycles. The van der Waals surface area contributed by atoms with Crippen LogP contribution in [-0.4, -0.2) is 32.3 Å². The van der Waals surface area contributed by atoms with Crippen LogP contribution >= 0.6 is 11.3 Å². The van der Waals surface area contributed by atoms with Crippen LogP contribution in [0, 0.1) is 0 Å². The number of hydrogen-bond acceptors (Lipinski definition) is 6. The highest BCUT2D eigenvalue weighted by Gasteiger charge is 2.20. The number of tetrazole rings is 1. The van der Waals surface area contributed by atoms with E-state index >= 15 is 0 Å². The predicted molar refractivity (Wildman–Crippen MR) is 73.6 cm³/mol. The van der Waals surface area contributed by atoms with Gasteiger partial charge in [0.05, 0.1) is 10.9 Å². The summed E-state index contributed by atoms with van der Waals surface area (Å²) in [5.74, 6) is 0.179. The quantitative estimate of drug-likeness (QED) is 0.790. The second-order valence-corrected chi connectivity index (χ2v) is 5.25. The van der Waals surface area contributed by atoms with Crippen LogP contribution < -0.4 is 5.32 Å². The van der Waals surface area contributed by atoms with Crippen LogP contribution in [0.3, 0.4) is 0 Å². The van der Waals surface area contributed by atoms with E-state index in [9.17, 15) is 9.59 Å². The molecule has 2 aromatic rings. The minimum absolute atomic E-state index is 0.0522. The largest absolute Gasteiger partial charge is 0.341 e. The fraction of sp³-hybridized carbons (Fsp3) is 0.417. The van der Waals surface area contributed by atoms with Crippen LogP contribution in [0.15, 0.2) is 11.4 Å². The molecule has 2 N–H and O–H groups in total. The van der Waals surface area contributed by atoms with Gasteiger partial charge in [0, 0.05) is 10.9 Å². The number of H-pyrrole nitrogens is 1. The first-order valence-corrected chi connectivity index (χ1v) is 7.13. The third kappa shape index (κ3) is 3.27. The summed E-state index contributed by atoms with van der Waals surface area (Å²) in [5.41, 5.74) is 0.548. The lowest BCUT2D eigenvalue weighted by molar-refractivity contribution is 0.0936. The molecule has 0 aromatic carbocycles. The normalized spacial score (nSPS) is 12.1. The van der Waals surface area contributed by atoms with Crippen molar-refractivity contribution in [2.24, 2.45) is 0 Å². The van der Waals surface area contributed by atoms with Crippen molar-refractivity contribution in [1.82, 2.24) is 25.9 Å². The molecule has 0 unspecified atom stereocenters. The van der Waals surface area contributed by atoms with Crippen molar-refractivity contribution < 1.29 is 9.59 Å². The fourth-order valence-electron chi connectivity index (χ4n) is 1.74. The van der Waals surface area contributed by atoms with Crippen LogP contribution in [0.25, 0.3) is 0 Å². The number of aromatic amines is 1. The summed E-state index contributed by atoms with van der Waals surface area (Å²) in [4.78, 5) is 23.9. The zero-order chi connectivity index (χ0) is 14.5. The summed E-state index contributed by atoms with van der Waals surface area (Å²) >= 11 is 1.25. The molecule has 0 spiro atoms. The van der Waals surface area contributed by atoms with Gasteiger partial charge in [-0.3, -0.25) is 9.59 Å². The Kier molecular flexibility index (Phi) is 4.57. The molecular formula is C12H15N5O2S. The SMILES string of the molecule is CCC[C@H](NC(=O)c1cc(C(C)=O)cs1)c1nn[nH]n1. The average molecular weight is 293 g/mol. The van der Waals surface area contributed by atoms with Gasteiger partial charge in [-0.05, 0) is 19.4 Å². The number of rotatable bonds is 6. The molecule has 0 radical (unpaired) electrons. The van der Waals surface area contributed by atoms with E-state index in [4.69, 9.17) is 0 Å². The van der Waals surface area contributed by atoms with Crippen molar-refractivity contribution in [2.45, 2.75) is 32.7 Å². The molecule has 2 aromatic heterocycles. The van der Waals surface area contributed by atoms with E-state index in [0.717, 1.165) is 12.8 Å². The van der Waals surface area contributed by atoms with Gasteiger partial charge in [-0.15, -0.1) is 21.5 Å². The van der Waals surface area contributed by atoms with Gasteiger partial charge in [0.15, 0.2) is 11.6 Å². The Balaban J connectivity index is 2.09. The number of carbonyl (C=O) groups excluding carboxylic acids is 2. The first-order valence-electron chi connectivity index (χ1n) is 6.25. The molecule has 106 valence electrons. The van der Waals surface area contributed by atoms with Gasteiger partial charge in [-0.1, -0.05) is 18.6 Å². The van der Waals surface area contributed by atoms with E-state index in [2.05, 4.69) is 25.9 Å². The first-order chi connectivity index (χ1) is 9.61. The lowest BCUT2D eigenvalue weighted by atomic mass is 10.1. The van der Waals surface area contributed by atoms with Gasteiger partial charge < -0.3 is 5.32 Å². The Morgan fingerprint density at radius 3 is 2.85 bits per heavy atom. The number of hydrogen-bond donors (Lipinski definition) is 2. The number of aromatic nitrogens is 4. The predicted octanol–water partition coefficient (Wildman–Crippen LogP) is 1.73. The van der Waals surface area contributed by atoms with Crippen molar-refractivity contribution in [3.8, 4) is 0 Å². The zero-order valence-corrected chi connectivity index (χ0v) is 12.0. The Hall–Kier alpha value is -2.09. The number of nitrogens with zero attached hydrogens (tertiary/aromatic N) is 3. The summed E-state index contributed by atoms with van der Waals surface area (Å²) in [6, 6.07) is 1.32. The molecule has 0 saturated carbocycles. The first kappa shape index (κ1) is 14.3. The van der Waals surface area contributed by atoms with E-state index in [0.29, 0.717) is 16.3 Å². The number of ketones is 1. The molecule has 0 aliphatic heterocycles. The summed E-state index contributed by atoms with van der Waals surface area (Å²) in [7, 11) is 0. The second-order valence-electron chi connectivity index (χ2n) is 4.34. The lowest BCUT2D eigenvalue weighted by Gasteiger charge is -2.13. The van der Waals surface area contributed by atoms with E-state index in [1.54, 1.807) is 11.4 Å². The van der Waals surface area contributed by atoms with E-state index < -0.39 is 0 Å². The van der Waals surface area contributed by atoms with Gasteiger partial charge >= 0.3 is 0 Å². The minimum Gasteiger partial charge on any atom is -0.341 e. The fourth-order valence-corrected chi connectivity index (χ4v) is 2.59. The molecule has 8 heteroatoms. The van der Waals surface area contributed by atoms with Crippen LogP contribution in [0.1, 0.15) is 58.6 Å². The maximum Gasteiger partial charge on any atom is 0.261 e. The van der Waals surface area contributed by atoms with Crippen LogP contribution in [-0.2, 0) is 0 Å². The van der Waals surface area contributed by atoms with Crippen molar-refractivity contribution in [3.63, 3.8) is 0 Å². The van der Waals surface area contributed by atoms with Gasteiger partial charge in [0.2, 0.25) is 0 Å². The summed E-state index contributed by atoms with van der Waals surface area (Å²) in [6.07, 6.45) is 1.60. The standard InChI is InChI=1S/C12H15N5O2S/c1-3-4-9(11-14-16-17-15-11)13-12(19)10-5-8(6-20-10)7(2)18/h5-6,9H,3-4H2,1-2H3,(H,13,19)(H,14,15,16,17)/t9-/m0/s1. The topological polar surface area (TPSA) is 101 Å². The summed E-state index contributed by atoms with van der Waals surface area (Å²) in [6.45, 7) is 3.49. The summed E-state index contributed by atoms with van der Waals surface area (Å²) in [5, 5.41) is 18.2. The lowest BCUT2D eigenvalue weighted by Crippen LogP contribution is -2.28. The average Bonchev–Trinajstić information content (AvgIpc) is 3.09. The van der Waals surface area contributed by atoms with Crippen LogP contribution in [0.4, 0.5) is 0 Å². The van der Waals surface area contributed by atoms with E-state index in [1.165, 1.54) is 18.3 Å². The highest BCUT2D eigenvalue weighted by molar-refractivity contribution is 7.12.